The molecule has 0 saturated heterocycles. The van der Waals surface area contributed by atoms with Crippen molar-refractivity contribution < 1.29 is 28.6 Å². The molecule has 0 aliphatic carbocycles. The highest BCUT2D eigenvalue weighted by Gasteiger charge is 2.19. The van der Waals surface area contributed by atoms with Gasteiger partial charge in [-0.3, -0.25) is 14.4 Å². The molecule has 0 aliphatic rings. The zero-order valence-corrected chi connectivity index (χ0v) is 37.7. The maximum Gasteiger partial charge on any atom is 0.306 e. The Morgan fingerprint density at radius 2 is 0.678 bits per heavy atom. The van der Waals surface area contributed by atoms with E-state index < -0.39 is 6.10 Å². The maximum absolute atomic E-state index is 12.7. The summed E-state index contributed by atoms with van der Waals surface area (Å²) in [6.45, 7) is 6.25. The van der Waals surface area contributed by atoms with Gasteiger partial charge in [-0.1, -0.05) is 162 Å². The van der Waals surface area contributed by atoms with Gasteiger partial charge in [-0.25, -0.2) is 0 Å². The highest BCUT2D eigenvalue weighted by atomic mass is 16.6. The monoisotopic (exact) mass is 817 g/mol. The van der Waals surface area contributed by atoms with Gasteiger partial charge in [0.1, 0.15) is 13.2 Å². The molecule has 1 atom stereocenters. The molecule has 6 nitrogen and oxygen atoms in total. The fourth-order valence-corrected chi connectivity index (χ4v) is 5.78. The molecule has 0 aromatic carbocycles. The van der Waals surface area contributed by atoms with Crippen molar-refractivity contribution >= 4 is 17.9 Å². The molecule has 0 amide bonds. The van der Waals surface area contributed by atoms with Crippen molar-refractivity contribution in [2.24, 2.45) is 0 Å². The lowest BCUT2D eigenvalue weighted by atomic mass is 10.1. The van der Waals surface area contributed by atoms with Gasteiger partial charge in [0.05, 0.1) is 0 Å². The van der Waals surface area contributed by atoms with Gasteiger partial charge >= 0.3 is 17.9 Å². The lowest BCUT2D eigenvalue weighted by Gasteiger charge is -2.18. The van der Waals surface area contributed by atoms with E-state index in [0.29, 0.717) is 19.3 Å². The Kier molecular flexibility index (Phi) is 43.6. The van der Waals surface area contributed by atoms with E-state index in [1.54, 1.807) is 0 Å². The van der Waals surface area contributed by atoms with E-state index in [-0.39, 0.29) is 44.0 Å². The van der Waals surface area contributed by atoms with Crippen LogP contribution in [0.25, 0.3) is 0 Å². The first-order valence-electron chi connectivity index (χ1n) is 23.4. The summed E-state index contributed by atoms with van der Waals surface area (Å²) < 4.78 is 16.6. The first-order chi connectivity index (χ1) is 29.0. The smallest absolute Gasteiger partial charge is 0.306 e. The normalized spacial score (nSPS) is 13.1. The average Bonchev–Trinajstić information content (AvgIpc) is 3.23. The Morgan fingerprint density at radius 3 is 1.14 bits per heavy atom. The number of carbonyl (C=O) groups is 3. The van der Waals surface area contributed by atoms with E-state index in [0.717, 1.165) is 109 Å². The summed E-state index contributed by atoms with van der Waals surface area (Å²) >= 11 is 0. The summed E-state index contributed by atoms with van der Waals surface area (Å²) in [5.41, 5.74) is 0. The topological polar surface area (TPSA) is 78.9 Å². The van der Waals surface area contributed by atoms with Crippen LogP contribution in [0.5, 0.6) is 0 Å². The predicted molar refractivity (Wildman–Crippen MR) is 251 cm³/mol. The Labute approximate surface area is 361 Å². The highest BCUT2D eigenvalue weighted by Crippen LogP contribution is 2.11. The minimum Gasteiger partial charge on any atom is -0.462 e. The molecule has 0 fully saturated rings. The molecule has 0 spiro atoms. The van der Waals surface area contributed by atoms with E-state index >= 15 is 0 Å². The van der Waals surface area contributed by atoms with Crippen LogP contribution in [0.15, 0.2) is 109 Å². The number of rotatable bonds is 40. The van der Waals surface area contributed by atoms with Gasteiger partial charge in [-0.05, 0) is 116 Å². The van der Waals surface area contributed by atoms with Crippen molar-refractivity contribution in [3.8, 4) is 0 Å². The standard InChI is InChI=1S/C53H84O6/c1-4-7-10-13-16-19-22-25-26-27-28-29-32-34-37-40-43-46-52(55)58-49-50(59-53(56)47-44-41-38-35-31-24-21-18-15-12-9-6-3)48-57-51(54)45-42-39-36-33-30-23-20-17-14-11-8-5-2/h8-9,11-12,16-21,25-26,28-29,31,34-35,37,50H,4-7,10,13-15,22-24,27,30,32-33,36,38-49H2,1-3H3/b11-8-,12-9-,19-16-,20-17-,21-18-,26-25-,29-28-,35-31-,37-34-. The largest absolute Gasteiger partial charge is 0.462 e. The fraction of sp³-hybridized carbons (Fsp3) is 0.604. The second-order valence-electron chi connectivity index (χ2n) is 14.9. The van der Waals surface area contributed by atoms with Crippen LogP contribution in [-0.4, -0.2) is 37.2 Å². The van der Waals surface area contributed by atoms with Crippen molar-refractivity contribution in [1.29, 1.82) is 0 Å². The third-order valence-corrected chi connectivity index (χ3v) is 9.24. The number of hydrogen-bond donors (Lipinski definition) is 0. The molecule has 6 heteroatoms. The second-order valence-corrected chi connectivity index (χ2v) is 14.9. The Balaban J connectivity index is 4.55. The summed E-state index contributed by atoms with van der Waals surface area (Å²) in [5.74, 6) is -1.04. The number of allylic oxidation sites excluding steroid dienone is 18. The highest BCUT2D eigenvalue weighted by molar-refractivity contribution is 5.71. The zero-order valence-electron chi connectivity index (χ0n) is 37.7. The molecule has 0 heterocycles. The molecule has 0 aliphatic heterocycles. The van der Waals surface area contributed by atoms with Gasteiger partial charge < -0.3 is 14.2 Å². The van der Waals surface area contributed by atoms with Crippen LogP contribution in [0.1, 0.15) is 188 Å². The van der Waals surface area contributed by atoms with E-state index in [2.05, 4.69) is 130 Å². The summed E-state index contributed by atoms with van der Waals surface area (Å²) in [6, 6.07) is 0. The van der Waals surface area contributed by atoms with Gasteiger partial charge in [0.2, 0.25) is 0 Å². The fourth-order valence-electron chi connectivity index (χ4n) is 5.78. The first kappa shape index (κ1) is 55.1. The second kappa shape index (κ2) is 46.8. The molecule has 0 radical (unpaired) electrons. The lowest BCUT2D eigenvalue weighted by Crippen LogP contribution is -2.30. The van der Waals surface area contributed by atoms with E-state index in [9.17, 15) is 14.4 Å². The summed E-state index contributed by atoms with van der Waals surface area (Å²) in [4.78, 5) is 37.8. The zero-order chi connectivity index (χ0) is 43.0. The minimum atomic E-state index is -0.826. The van der Waals surface area contributed by atoms with Crippen molar-refractivity contribution in [1.82, 2.24) is 0 Å². The Hall–Kier alpha value is -3.93. The molecule has 1 unspecified atom stereocenters. The quantitative estimate of drug-likeness (QED) is 0.0265. The third-order valence-electron chi connectivity index (χ3n) is 9.24. The van der Waals surface area contributed by atoms with Crippen molar-refractivity contribution in [3.63, 3.8) is 0 Å². The van der Waals surface area contributed by atoms with Gasteiger partial charge in [0.25, 0.3) is 0 Å². The number of ether oxygens (including phenoxy) is 3. The van der Waals surface area contributed by atoms with Crippen LogP contribution in [-0.2, 0) is 28.6 Å². The van der Waals surface area contributed by atoms with Crippen LogP contribution < -0.4 is 0 Å². The van der Waals surface area contributed by atoms with Crippen LogP contribution in [0.4, 0.5) is 0 Å². The molecule has 0 saturated carbocycles. The van der Waals surface area contributed by atoms with Crippen LogP contribution in [0.3, 0.4) is 0 Å². The van der Waals surface area contributed by atoms with Gasteiger partial charge in [-0.15, -0.1) is 0 Å². The van der Waals surface area contributed by atoms with Crippen molar-refractivity contribution in [2.45, 2.75) is 194 Å². The van der Waals surface area contributed by atoms with Gasteiger partial charge in [0.15, 0.2) is 6.10 Å². The summed E-state index contributed by atoms with van der Waals surface area (Å²) in [7, 11) is 0. The molecule has 332 valence electrons. The molecule has 0 rings (SSSR count). The van der Waals surface area contributed by atoms with Crippen molar-refractivity contribution in [2.75, 3.05) is 13.2 Å². The van der Waals surface area contributed by atoms with Crippen LogP contribution in [0.2, 0.25) is 0 Å². The Bertz CT molecular complexity index is 1260. The molecule has 0 aromatic heterocycles. The number of carbonyl (C=O) groups excluding carboxylic acids is 3. The van der Waals surface area contributed by atoms with Gasteiger partial charge in [0, 0.05) is 19.3 Å². The van der Waals surface area contributed by atoms with E-state index in [4.69, 9.17) is 14.2 Å². The first-order valence-corrected chi connectivity index (χ1v) is 23.4. The van der Waals surface area contributed by atoms with E-state index in [1.165, 1.54) is 25.7 Å². The average molecular weight is 817 g/mol. The predicted octanol–water partition coefficient (Wildman–Crippen LogP) is 15.2. The molecule has 0 aromatic rings. The third kappa shape index (κ3) is 45.0. The lowest BCUT2D eigenvalue weighted by molar-refractivity contribution is -0.167. The SMILES string of the molecule is CC/C=C\C/C=C\C/C=C\CCCCC(=O)OC(COC(=O)CCC/C=C\C/C=C\C/C=C\C/C=C\CCCCC)COC(=O)CCCCCCC/C=C\C/C=C\CC. The van der Waals surface area contributed by atoms with Crippen LogP contribution >= 0.6 is 0 Å². The number of hydrogen-bond acceptors (Lipinski definition) is 6. The molecular formula is C53H84O6. The molecule has 0 bridgehead atoms. The minimum absolute atomic E-state index is 0.121. The molecular weight excluding hydrogens is 733 g/mol. The number of unbranched alkanes of at least 4 members (excludes halogenated alkanes) is 11. The van der Waals surface area contributed by atoms with Crippen LogP contribution in [0, 0.1) is 0 Å². The molecule has 59 heavy (non-hydrogen) atoms. The summed E-state index contributed by atoms with van der Waals surface area (Å²) in [5, 5.41) is 0. The maximum atomic E-state index is 12.7. The molecule has 0 N–H and O–H groups in total. The Morgan fingerprint density at radius 1 is 0.356 bits per heavy atom. The van der Waals surface area contributed by atoms with Crippen molar-refractivity contribution in [3.05, 3.63) is 109 Å². The summed E-state index contributed by atoms with van der Waals surface area (Å²) in [6.07, 6.45) is 62.2. The van der Waals surface area contributed by atoms with E-state index in [1.807, 2.05) is 0 Å². The van der Waals surface area contributed by atoms with Gasteiger partial charge in [-0.2, -0.15) is 0 Å². The number of esters is 3.